The first-order chi connectivity index (χ1) is 9.92. The van der Waals surface area contributed by atoms with Crippen molar-refractivity contribution in [1.29, 1.82) is 0 Å². The number of nitrogens with zero attached hydrogens (tertiary/aromatic N) is 1. The molecule has 108 valence electrons. The van der Waals surface area contributed by atoms with Crippen molar-refractivity contribution in [3.63, 3.8) is 0 Å². The van der Waals surface area contributed by atoms with Gasteiger partial charge in [0, 0.05) is 25.5 Å². The summed E-state index contributed by atoms with van der Waals surface area (Å²) >= 11 is 1.82. The lowest BCUT2D eigenvalue weighted by molar-refractivity contribution is 0.123. The van der Waals surface area contributed by atoms with Crippen molar-refractivity contribution in [3.05, 3.63) is 35.9 Å². The molecular formula is C16H22N2OS. The smallest absolute Gasteiger partial charge is 0.157 e. The summed E-state index contributed by atoms with van der Waals surface area (Å²) in [6, 6.07) is 11.0. The van der Waals surface area contributed by atoms with E-state index in [4.69, 9.17) is 4.74 Å². The zero-order valence-corrected chi connectivity index (χ0v) is 12.6. The number of nitrogens with one attached hydrogen (secondary N) is 1. The normalized spacial score (nSPS) is 24.0. The fraction of sp³-hybridized carbons (Fsp3) is 0.562. The maximum absolute atomic E-state index is 5.62. The zero-order chi connectivity index (χ0) is 13.6. The minimum atomic E-state index is 0.408. The van der Waals surface area contributed by atoms with E-state index in [0.29, 0.717) is 6.04 Å². The second-order valence-electron chi connectivity index (χ2n) is 5.48. The Bertz CT molecular complexity index is 445. The van der Waals surface area contributed by atoms with E-state index in [1.54, 1.807) is 0 Å². The van der Waals surface area contributed by atoms with Gasteiger partial charge in [-0.2, -0.15) is 0 Å². The first kappa shape index (κ1) is 14.0. The quantitative estimate of drug-likeness (QED) is 0.783. The SMILES string of the molecule is c1ccc(C2CSC(=NCCCOCC3CC3)N2)cc1. The van der Waals surface area contributed by atoms with Crippen LogP contribution in [0.15, 0.2) is 35.3 Å². The van der Waals surface area contributed by atoms with Crippen LogP contribution < -0.4 is 5.32 Å². The van der Waals surface area contributed by atoms with E-state index in [-0.39, 0.29) is 0 Å². The Balaban J connectivity index is 1.35. The van der Waals surface area contributed by atoms with E-state index in [0.717, 1.165) is 43.0 Å². The van der Waals surface area contributed by atoms with E-state index in [9.17, 15) is 0 Å². The minimum Gasteiger partial charge on any atom is -0.381 e. The molecule has 4 heteroatoms. The molecule has 2 fully saturated rings. The third kappa shape index (κ3) is 4.25. The third-order valence-corrected chi connectivity index (χ3v) is 4.66. The van der Waals surface area contributed by atoms with Gasteiger partial charge in [0.25, 0.3) is 0 Å². The fourth-order valence-corrected chi connectivity index (χ4v) is 3.24. The van der Waals surface area contributed by atoms with Gasteiger partial charge < -0.3 is 10.1 Å². The number of thioether (sulfide) groups is 1. The first-order valence-electron chi connectivity index (χ1n) is 7.48. The molecule has 0 bridgehead atoms. The van der Waals surface area contributed by atoms with Crippen molar-refractivity contribution >= 4 is 16.9 Å². The molecular weight excluding hydrogens is 268 g/mol. The first-order valence-corrected chi connectivity index (χ1v) is 8.47. The van der Waals surface area contributed by atoms with Crippen molar-refractivity contribution in [2.24, 2.45) is 10.9 Å². The lowest BCUT2D eigenvalue weighted by Gasteiger charge is -2.09. The van der Waals surface area contributed by atoms with Gasteiger partial charge in [-0.25, -0.2) is 0 Å². The highest BCUT2D eigenvalue weighted by molar-refractivity contribution is 8.14. The second-order valence-corrected chi connectivity index (χ2v) is 6.49. The van der Waals surface area contributed by atoms with Crippen LogP contribution in [0, 0.1) is 5.92 Å². The minimum absolute atomic E-state index is 0.408. The van der Waals surface area contributed by atoms with Crippen molar-refractivity contribution < 1.29 is 4.74 Å². The summed E-state index contributed by atoms with van der Waals surface area (Å²) in [6.07, 6.45) is 3.75. The Kier molecular flexibility index (Phi) is 4.98. The number of hydrogen-bond donors (Lipinski definition) is 1. The summed E-state index contributed by atoms with van der Waals surface area (Å²) < 4.78 is 5.62. The fourth-order valence-electron chi connectivity index (χ4n) is 2.23. The number of amidine groups is 1. The molecule has 1 saturated heterocycles. The number of aliphatic imine (C=N–C) groups is 1. The monoisotopic (exact) mass is 290 g/mol. The summed E-state index contributed by atoms with van der Waals surface area (Å²) in [5, 5.41) is 4.58. The Labute approximate surface area is 125 Å². The Morgan fingerprint density at radius 3 is 2.90 bits per heavy atom. The lowest BCUT2D eigenvalue weighted by Crippen LogP contribution is -2.19. The van der Waals surface area contributed by atoms with Crippen LogP contribution >= 0.6 is 11.8 Å². The van der Waals surface area contributed by atoms with Gasteiger partial charge in [0.05, 0.1) is 6.04 Å². The van der Waals surface area contributed by atoms with E-state index in [1.165, 1.54) is 18.4 Å². The van der Waals surface area contributed by atoms with E-state index < -0.39 is 0 Å². The van der Waals surface area contributed by atoms with Crippen LogP contribution in [0.2, 0.25) is 0 Å². The maximum atomic E-state index is 5.62. The summed E-state index contributed by atoms with van der Waals surface area (Å²) in [7, 11) is 0. The third-order valence-electron chi connectivity index (χ3n) is 3.64. The largest absolute Gasteiger partial charge is 0.381 e. The van der Waals surface area contributed by atoms with Gasteiger partial charge in [-0.3, -0.25) is 4.99 Å². The average Bonchev–Trinajstić information content (AvgIpc) is 3.20. The van der Waals surface area contributed by atoms with E-state index in [2.05, 4.69) is 40.6 Å². The van der Waals surface area contributed by atoms with Gasteiger partial charge in [0.2, 0.25) is 0 Å². The Morgan fingerprint density at radius 1 is 1.25 bits per heavy atom. The van der Waals surface area contributed by atoms with Crippen molar-refractivity contribution in [2.45, 2.75) is 25.3 Å². The number of rotatable bonds is 7. The van der Waals surface area contributed by atoms with Crippen LogP contribution in [-0.2, 0) is 4.74 Å². The highest BCUT2D eigenvalue weighted by Gasteiger charge is 2.22. The molecule has 3 nitrogen and oxygen atoms in total. The van der Waals surface area contributed by atoms with Gasteiger partial charge in [-0.1, -0.05) is 42.1 Å². The molecule has 1 atom stereocenters. The van der Waals surface area contributed by atoms with Crippen LogP contribution in [0.3, 0.4) is 0 Å². The summed E-state index contributed by atoms with van der Waals surface area (Å²) in [4.78, 5) is 4.62. The zero-order valence-electron chi connectivity index (χ0n) is 11.8. The molecule has 1 N–H and O–H groups in total. The van der Waals surface area contributed by atoms with Crippen molar-refractivity contribution in [1.82, 2.24) is 5.32 Å². The Morgan fingerprint density at radius 2 is 2.10 bits per heavy atom. The second kappa shape index (κ2) is 7.14. The molecule has 0 radical (unpaired) electrons. The Hall–Kier alpha value is -1.00. The standard InChI is InChI=1S/C16H22N2OS/c1-2-5-14(6-3-1)15-12-20-16(18-15)17-9-4-10-19-11-13-7-8-13/h1-3,5-6,13,15H,4,7-12H2,(H,17,18). The molecule has 0 aromatic heterocycles. The molecule has 3 rings (SSSR count). The van der Waals surface area contributed by atoms with E-state index in [1.807, 2.05) is 11.8 Å². The summed E-state index contributed by atoms with van der Waals surface area (Å²) in [5.74, 6) is 1.93. The van der Waals surface area contributed by atoms with Crippen molar-refractivity contribution in [2.75, 3.05) is 25.5 Å². The number of hydrogen-bond acceptors (Lipinski definition) is 3. The average molecular weight is 290 g/mol. The van der Waals surface area contributed by atoms with Gasteiger partial charge >= 0.3 is 0 Å². The lowest BCUT2D eigenvalue weighted by atomic mass is 10.1. The molecule has 1 aliphatic carbocycles. The highest BCUT2D eigenvalue weighted by Crippen LogP contribution is 2.28. The predicted molar refractivity (Wildman–Crippen MR) is 85.2 cm³/mol. The van der Waals surface area contributed by atoms with Gasteiger partial charge in [-0.05, 0) is 30.7 Å². The van der Waals surface area contributed by atoms with Gasteiger partial charge in [0.1, 0.15) is 0 Å². The van der Waals surface area contributed by atoms with E-state index >= 15 is 0 Å². The van der Waals surface area contributed by atoms with Crippen LogP contribution in [-0.4, -0.2) is 30.7 Å². The highest BCUT2D eigenvalue weighted by atomic mass is 32.2. The van der Waals surface area contributed by atoms with Crippen LogP contribution in [0.25, 0.3) is 0 Å². The molecule has 20 heavy (non-hydrogen) atoms. The molecule has 1 aromatic rings. The molecule has 1 aromatic carbocycles. The molecule has 1 saturated carbocycles. The van der Waals surface area contributed by atoms with Gasteiger partial charge in [0.15, 0.2) is 5.17 Å². The molecule has 1 heterocycles. The molecule has 1 aliphatic heterocycles. The van der Waals surface area contributed by atoms with Crippen molar-refractivity contribution in [3.8, 4) is 0 Å². The maximum Gasteiger partial charge on any atom is 0.157 e. The topological polar surface area (TPSA) is 33.6 Å². The summed E-state index contributed by atoms with van der Waals surface area (Å²) in [5.41, 5.74) is 1.35. The molecule has 0 spiro atoms. The number of ether oxygens (including phenoxy) is 1. The van der Waals surface area contributed by atoms with Crippen LogP contribution in [0.1, 0.15) is 30.9 Å². The molecule has 0 amide bonds. The van der Waals surface area contributed by atoms with Gasteiger partial charge in [-0.15, -0.1) is 0 Å². The number of benzene rings is 1. The van der Waals surface area contributed by atoms with Crippen LogP contribution in [0.5, 0.6) is 0 Å². The predicted octanol–water partition coefficient (Wildman–Crippen LogP) is 3.24. The van der Waals surface area contributed by atoms with Crippen LogP contribution in [0.4, 0.5) is 0 Å². The molecule has 1 unspecified atom stereocenters. The summed E-state index contributed by atoms with van der Waals surface area (Å²) in [6.45, 7) is 2.67. The molecule has 2 aliphatic rings.